The number of aromatic amines is 1. The molecule has 6 heteroatoms. The van der Waals surface area contributed by atoms with E-state index in [1.54, 1.807) is 30.0 Å². The Morgan fingerprint density at radius 1 is 1.27 bits per heavy atom. The maximum atomic E-state index is 12.5. The van der Waals surface area contributed by atoms with Gasteiger partial charge in [-0.2, -0.15) is 0 Å². The van der Waals surface area contributed by atoms with Crippen molar-refractivity contribution in [1.82, 2.24) is 9.88 Å². The predicted octanol–water partition coefficient (Wildman–Crippen LogP) is 1.82. The van der Waals surface area contributed by atoms with Gasteiger partial charge in [0.2, 0.25) is 0 Å². The van der Waals surface area contributed by atoms with Crippen LogP contribution in [0.5, 0.6) is 0 Å². The van der Waals surface area contributed by atoms with Gasteiger partial charge in [-0.1, -0.05) is 0 Å². The van der Waals surface area contributed by atoms with Crippen molar-refractivity contribution in [3.05, 3.63) is 35.5 Å². The van der Waals surface area contributed by atoms with Crippen LogP contribution in [0.3, 0.4) is 0 Å². The first kappa shape index (κ1) is 14.6. The van der Waals surface area contributed by atoms with Crippen molar-refractivity contribution >= 4 is 22.8 Å². The Morgan fingerprint density at radius 3 is 2.77 bits per heavy atom. The van der Waals surface area contributed by atoms with Crippen LogP contribution in [0.4, 0.5) is 0 Å². The summed E-state index contributed by atoms with van der Waals surface area (Å²) in [6.45, 7) is 4.46. The molecule has 0 aliphatic carbocycles. The summed E-state index contributed by atoms with van der Waals surface area (Å²) in [7, 11) is 0. The Bertz CT molecular complexity index is 701. The fourth-order valence-electron chi connectivity index (χ4n) is 2.53. The minimum atomic E-state index is -0.389. The van der Waals surface area contributed by atoms with Crippen molar-refractivity contribution in [3.63, 3.8) is 0 Å². The molecule has 2 aromatic rings. The lowest BCUT2D eigenvalue weighted by atomic mass is 10.1. The van der Waals surface area contributed by atoms with Crippen LogP contribution < -0.4 is 0 Å². The van der Waals surface area contributed by atoms with Gasteiger partial charge in [0.25, 0.3) is 5.91 Å². The zero-order valence-electron chi connectivity index (χ0n) is 12.4. The topological polar surface area (TPSA) is 71.6 Å². The minimum absolute atomic E-state index is 0.0101. The number of benzene rings is 1. The van der Waals surface area contributed by atoms with E-state index in [0.717, 1.165) is 10.9 Å². The van der Waals surface area contributed by atoms with Crippen LogP contribution in [-0.2, 0) is 9.47 Å². The number of fused-ring (bicyclic) bond motifs is 1. The number of esters is 1. The van der Waals surface area contributed by atoms with Crippen molar-refractivity contribution in [2.45, 2.75) is 6.92 Å². The van der Waals surface area contributed by atoms with Gasteiger partial charge in [0.1, 0.15) is 5.69 Å². The highest BCUT2D eigenvalue weighted by molar-refractivity contribution is 6.00. The van der Waals surface area contributed by atoms with Crippen molar-refractivity contribution in [2.75, 3.05) is 32.9 Å². The third kappa shape index (κ3) is 2.82. The van der Waals surface area contributed by atoms with E-state index in [0.29, 0.717) is 44.2 Å². The van der Waals surface area contributed by atoms with Gasteiger partial charge < -0.3 is 19.4 Å². The molecule has 6 nitrogen and oxygen atoms in total. The van der Waals surface area contributed by atoms with E-state index in [2.05, 4.69) is 4.98 Å². The lowest BCUT2D eigenvalue weighted by Crippen LogP contribution is -2.40. The Morgan fingerprint density at radius 2 is 2.05 bits per heavy atom. The Labute approximate surface area is 128 Å². The largest absolute Gasteiger partial charge is 0.461 e. The SMILES string of the molecule is CCOC(=O)c1cc2cc(C(=O)N3CCOCC3)ccc2[nH]1. The summed E-state index contributed by atoms with van der Waals surface area (Å²) >= 11 is 0. The highest BCUT2D eigenvalue weighted by atomic mass is 16.5. The molecule has 116 valence electrons. The molecule has 3 rings (SSSR count). The second-order valence-electron chi connectivity index (χ2n) is 5.11. The number of hydrogen-bond acceptors (Lipinski definition) is 4. The summed E-state index contributed by atoms with van der Waals surface area (Å²) in [5.41, 5.74) is 1.82. The first-order valence-electron chi connectivity index (χ1n) is 7.36. The fourth-order valence-corrected chi connectivity index (χ4v) is 2.53. The number of nitrogens with zero attached hydrogens (tertiary/aromatic N) is 1. The third-order valence-electron chi connectivity index (χ3n) is 3.66. The van der Waals surface area contributed by atoms with E-state index < -0.39 is 0 Å². The molecule has 0 bridgehead atoms. The number of ether oxygens (including phenoxy) is 2. The standard InChI is InChI=1S/C16H18N2O4/c1-2-22-16(20)14-10-12-9-11(3-4-13(12)17-14)15(19)18-5-7-21-8-6-18/h3-4,9-10,17H,2,5-8H2,1H3. The zero-order valence-corrected chi connectivity index (χ0v) is 12.4. The van der Waals surface area contributed by atoms with Gasteiger partial charge in [0, 0.05) is 29.6 Å². The molecule has 1 aliphatic rings. The van der Waals surface area contributed by atoms with E-state index in [1.165, 1.54) is 0 Å². The van der Waals surface area contributed by atoms with Gasteiger partial charge >= 0.3 is 5.97 Å². The molecule has 1 fully saturated rings. The number of carbonyl (C=O) groups is 2. The molecule has 22 heavy (non-hydrogen) atoms. The molecule has 2 heterocycles. The number of carbonyl (C=O) groups excluding carboxylic acids is 2. The van der Waals surface area contributed by atoms with Crippen LogP contribution in [-0.4, -0.2) is 54.7 Å². The number of hydrogen-bond donors (Lipinski definition) is 1. The smallest absolute Gasteiger partial charge is 0.354 e. The van der Waals surface area contributed by atoms with Gasteiger partial charge in [-0.15, -0.1) is 0 Å². The summed E-state index contributed by atoms with van der Waals surface area (Å²) in [4.78, 5) is 29.0. The molecule has 0 saturated carbocycles. The highest BCUT2D eigenvalue weighted by Gasteiger charge is 2.19. The molecule has 1 N–H and O–H groups in total. The van der Waals surface area contributed by atoms with Gasteiger partial charge in [-0.3, -0.25) is 4.79 Å². The van der Waals surface area contributed by atoms with Crippen LogP contribution in [0.25, 0.3) is 10.9 Å². The fraction of sp³-hybridized carbons (Fsp3) is 0.375. The lowest BCUT2D eigenvalue weighted by Gasteiger charge is -2.26. The van der Waals surface area contributed by atoms with Gasteiger partial charge in [-0.25, -0.2) is 4.79 Å². The van der Waals surface area contributed by atoms with Crippen LogP contribution >= 0.6 is 0 Å². The molecule has 1 saturated heterocycles. The molecule has 0 spiro atoms. The number of H-pyrrole nitrogens is 1. The highest BCUT2D eigenvalue weighted by Crippen LogP contribution is 2.19. The normalized spacial score (nSPS) is 15.0. The van der Waals surface area contributed by atoms with Crippen molar-refractivity contribution in [3.8, 4) is 0 Å². The van der Waals surface area contributed by atoms with E-state index in [9.17, 15) is 9.59 Å². The Hall–Kier alpha value is -2.34. The average Bonchev–Trinajstić information content (AvgIpc) is 2.98. The molecule has 1 aromatic heterocycles. The number of rotatable bonds is 3. The van der Waals surface area contributed by atoms with Gasteiger partial charge in [-0.05, 0) is 31.2 Å². The van der Waals surface area contributed by atoms with Crippen molar-refractivity contribution < 1.29 is 19.1 Å². The summed E-state index contributed by atoms with van der Waals surface area (Å²) in [6, 6.07) is 7.09. The molecule has 0 atom stereocenters. The number of aromatic nitrogens is 1. The predicted molar refractivity (Wildman–Crippen MR) is 81.0 cm³/mol. The molecule has 1 aliphatic heterocycles. The summed E-state index contributed by atoms with van der Waals surface area (Å²) < 4.78 is 10.2. The quantitative estimate of drug-likeness (QED) is 0.878. The molecule has 0 unspecified atom stereocenters. The maximum absolute atomic E-state index is 12.5. The van der Waals surface area contributed by atoms with Crippen LogP contribution in [0.15, 0.2) is 24.3 Å². The molecule has 0 radical (unpaired) electrons. The van der Waals surface area contributed by atoms with Crippen LogP contribution in [0, 0.1) is 0 Å². The molecular weight excluding hydrogens is 284 g/mol. The average molecular weight is 302 g/mol. The van der Waals surface area contributed by atoms with Crippen LogP contribution in [0.2, 0.25) is 0 Å². The van der Waals surface area contributed by atoms with Crippen molar-refractivity contribution in [2.24, 2.45) is 0 Å². The number of morpholine rings is 1. The lowest BCUT2D eigenvalue weighted by molar-refractivity contribution is 0.0303. The second kappa shape index (κ2) is 6.19. The van der Waals surface area contributed by atoms with E-state index in [1.807, 2.05) is 6.07 Å². The summed E-state index contributed by atoms with van der Waals surface area (Å²) in [5.74, 6) is -0.399. The first-order chi connectivity index (χ1) is 10.7. The van der Waals surface area contributed by atoms with E-state index >= 15 is 0 Å². The third-order valence-corrected chi connectivity index (χ3v) is 3.66. The summed E-state index contributed by atoms with van der Waals surface area (Å²) in [6.07, 6.45) is 0. The van der Waals surface area contributed by atoms with Crippen molar-refractivity contribution in [1.29, 1.82) is 0 Å². The van der Waals surface area contributed by atoms with E-state index in [-0.39, 0.29) is 11.9 Å². The molecule has 1 aromatic carbocycles. The van der Waals surface area contributed by atoms with Gasteiger partial charge in [0.15, 0.2) is 0 Å². The molecule has 1 amide bonds. The Balaban J connectivity index is 1.85. The minimum Gasteiger partial charge on any atom is -0.461 e. The second-order valence-corrected chi connectivity index (χ2v) is 5.11. The monoisotopic (exact) mass is 302 g/mol. The maximum Gasteiger partial charge on any atom is 0.354 e. The Kier molecular flexibility index (Phi) is 4.11. The zero-order chi connectivity index (χ0) is 15.5. The number of amides is 1. The van der Waals surface area contributed by atoms with Crippen LogP contribution in [0.1, 0.15) is 27.8 Å². The summed E-state index contributed by atoms with van der Waals surface area (Å²) in [5, 5.41) is 0.821. The molecular formula is C16H18N2O4. The van der Waals surface area contributed by atoms with Gasteiger partial charge in [0.05, 0.1) is 19.8 Å². The number of nitrogens with one attached hydrogen (secondary N) is 1. The first-order valence-corrected chi connectivity index (χ1v) is 7.36. The van der Waals surface area contributed by atoms with E-state index in [4.69, 9.17) is 9.47 Å².